The quantitative estimate of drug-likeness (QED) is 0.711. The molecule has 0 radical (unpaired) electrons. The van der Waals surface area contributed by atoms with Gasteiger partial charge in [0.25, 0.3) is 5.91 Å². The Bertz CT molecular complexity index is 958. The number of carbonyl (C=O) groups is 1. The minimum Gasteiger partial charge on any atom is -0.443 e. The Kier molecular flexibility index (Phi) is 3.74. The molecule has 3 heterocycles. The Balaban J connectivity index is 1.85. The lowest BCUT2D eigenvalue weighted by molar-refractivity contribution is -0.137. The standard InChI is InChI=1S/C17H15F3N4O2/c1-23(7-10-2-3-10)16(25)13-5-22-15-12(14-6-21-9-26-14)4-11(8-24(13)15)17(18,19)20/h4-6,8-10H,2-3,7H2,1H3. The molecule has 4 rings (SSSR count). The molecule has 0 spiro atoms. The molecule has 0 saturated heterocycles. The molecule has 0 unspecified atom stereocenters. The van der Waals surface area contributed by atoms with Crippen molar-refractivity contribution in [2.24, 2.45) is 5.92 Å². The number of oxazole rings is 1. The maximum absolute atomic E-state index is 13.3. The fourth-order valence-electron chi connectivity index (χ4n) is 2.90. The summed E-state index contributed by atoms with van der Waals surface area (Å²) in [5.41, 5.74) is -0.484. The third kappa shape index (κ3) is 2.93. The number of rotatable bonds is 4. The third-order valence-electron chi connectivity index (χ3n) is 4.43. The van der Waals surface area contributed by atoms with Gasteiger partial charge in [-0.2, -0.15) is 13.2 Å². The second-order valence-corrected chi connectivity index (χ2v) is 6.47. The monoisotopic (exact) mass is 364 g/mol. The summed E-state index contributed by atoms with van der Waals surface area (Å²) in [5, 5.41) is 0. The lowest BCUT2D eigenvalue weighted by atomic mass is 10.1. The number of alkyl halides is 3. The lowest BCUT2D eigenvalue weighted by Crippen LogP contribution is -2.29. The molecule has 9 heteroatoms. The van der Waals surface area contributed by atoms with Gasteiger partial charge in [0.15, 0.2) is 12.2 Å². The minimum atomic E-state index is -4.58. The first-order valence-electron chi connectivity index (χ1n) is 8.07. The van der Waals surface area contributed by atoms with E-state index in [1.54, 1.807) is 7.05 Å². The summed E-state index contributed by atoms with van der Waals surface area (Å²) in [6, 6.07) is 0.949. The van der Waals surface area contributed by atoms with Gasteiger partial charge in [0, 0.05) is 19.8 Å². The highest BCUT2D eigenvalue weighted by Crippen LogP contribution is 2.35. The second kappa shape index (κ2) is 5.86. The highest BCUT2D eigenvalue weighted by Gasteiger charge is 2.33. The summed E-state index contributed by atoms with van der Waals surface area (Å²) < 4.78 is 46.3. The summed E-state index contributed by atoms with van der Waals surface area (Å²) in [5.74, 6) is 0.253. The van der Waals surface area contributed by atoms with Crippen LogP contribution in [0.2, 0.25) is 0 Å². The highest BCUT2D eigenvalue weighted by molar-refractivity contribution is 5.94. The predicted molar refractivity (Wildman–Crippen MR) is 85.4 cm³/mol. The van der Waals surface area contributed by atoms with Crippen molar-refractivity contribution in [1.29, 1.82) is 0 Å². The fraction of sp³-hybridized carbons (Fsp3) is 0.353. The first-order valence-corrected chi connectivity index (χ1v) is 8.07. The van der Waals surface area contributed by atoms with E-state index in [1.807, 2.05) is 0 Å². The van der Waals surface area contributed by atoms with E-state index in [9.17, 15) is 18.0 Å². The average Bonchev–Trinajstić information content (AvgIpc) is 3.10. The second-order valence-electron chi connectivity index (χ2n) is 6.47. The molecule has 6 nitrogen and oxygen atoms in total. The molecule has 1 fully saturated rings. The molecule has 1 saturated carbocycles. The molecule has 3 aromatic rings. The van der Waals surface area contributed by atoms with E-state index in [0.29, 0.717) is 12.5 Å². The van der Waals surface area contributed by atoms with Gasteiger partial charge in [-0.15, -0.1) is 0 Å². The van der Waals surface area contributed by atoms with Crippen LogP contribution in [0.3, 0.4) is 0 Å². The normalized spacial score (nSPS) is 14.8. The van der Waals surface area contributed by atoms with E-state index in [-0.39, 0.29) is 28.6 Å². The number of fused-ring (bicyclic) bond motifs is 1. The number of halogens is 3. The third-order valence-corrected chi connectivity index (χ3v) is 4.43. The van der Waals surface area contributed by atoms with Crippen molar-refractivity contribution in [3.63, 3.8) is 0 Å². The van der Waals surface area contributed by atoms with Crippen LogP contribution < -0.4 is 0 Å². The van der Waals surface area contributed by atoms with E-state index in [1.165, 1.54) is 21.7 Å². The zero-order valence-corrected chi connectivity index (χ0v) is 13.8. The van der Waals surface area contributed by atoms with Crippen molar-refractivity contribution in [2.45, 2.75) is 19.0 Å². The zero-order valence-electron chi connectivity index (χ0n) is 13.8. The molecule has 1 aliphatic carbocycles. The van der Waals surface area contributed by atoms with Crippen LogP contribution in [0.1, 0.15) is 28.9 Å². The van der Waals surface area contributed by atoms with Crippen molar-refractivity contribution in [3.8, 4) is 11.3 Å². The molecular weight excluding hydrogens is 349 g/mol. The Morgan fingerprint density at radius 3 is 2.77 bits per heavy atom. The Morgan fingerprint density at radius 2 is 2.15 bits per heavy atom. The molecule has 3 aromatic heterocycles. The van der Waals surface area contributed by atoms with Crippen LogP contribution in [-0.2, 0) is 6.18 Å². The van der Waals surface area contributed by atoms with Crippen LogP contribution in [0, 0.1) is 5.92 Å². The van der Waals surface area contributed by atoms with Crippen LogP contribution in [-0.4, -0.2) is 38.8 Å². The summed E-state index contributed by atoms with van der Waals surface area (Å²) in [6.45, 7) is 0.583. The molecule has 0 bridgehead atoms. The van der Waals surface area contributed by atoms with Gasteiger partial charge in [-0.1, -0.05) is 0 Å². The largest absolute Gasteiger partial charge is 0.443 e. The summed E-state index contributed by atoms with van der Waals surface area (Å²) >= 11 is 0. The smallest absolute Gasteiger partial charge is 0.417 e. The number of hydrogen-bond donors (Lipinski definition) is 0. The molecule has 0 N–H and O–H groups in total. The topological polar surface area (TPSA) is 63.6 Å². The molecule has 0 aromatic carbocycles. The van der Waals surface area contributed by atoms with E-state index in [2.05, 4.69) is 9.97 Å². The van der Waals surface area contributed by atoms with Crippen LogP contribution in [0.25, 0.3) is 17.0 Å². The van der Waals surface area contributed by atoms with Crippen molar-refractivity contribution >= 4 is 11.6 Å². The van der Waals surface area contributed by atoms with Gasteiger partial charge in [0.1, 0.15) is 11.3 Å². The number of nitrogens with zero attached hydrogens (tertiary/aromatic N) is 4. The van der Waals surface area contributed by atoms with E-state index in [0.717, 1.165) is 31.5 Å². The van der Waals surface area contributed by atoms with Gasteiger partial charge in [0.05, 0.1) is 23.5 Å². The number of amides is 1. The van der Waals surface area contributed by atoms with Gasteiger partial charge in [-0.05, 0) is 24.8 Å². The van der Waals surface area contributed by atoms with Gasteiger partial charge in [-0.3, -0.25) is 9.20 Å². The van der Waals surface area contributed by atoms with Crippen molar-refractivity contribution in [2.75, 3.05) is 13.6 Å². The van der Waals surface area contributed by atoms with Gasteiger partial charge >= 0.3 is 6.18 Å². The minimum absolute atomic E-state index is 0.0787. The van der Waals surface area contributed by atoms with Crippen LogP contribution >= 0.6 is 0 Å². The van der Waals surface area contributed by atoms with Crippen molar-refractivity contribution in [3.05, 3.63) is 42.3 Å². The van der Waals surface area contributed by atoms with Crippen molar-refractivity contribution < 1.29 is 22.4 Å². The van der Waals surface area contributed by atoms with Crippen molar-refractivity contribution in [1.82, 2.24) is 19.3 Å². The molecule has 136 valence electrons. The summed E-state index contributed by atoms with van der Waals surface area (Å²) in [6.07, 6.45) is 2.18. The number of carbonyl (C=O) groups excluding carboxylic acids is 1. The Labute approximate surface area is 146 Å². The summed E-state index contributed by atoms with van der Waals surface area (Å²) in [7, 11) is 1.64. The first-order chi connectivity index (χ1) is 12.3. The van der Waals surface area contributed by atoms with Crippen LogP contribution in [0.5, 0.6) is 0 Å². The Morgan fingerprint density at radius 1 is 1.38 bits per heavy atom. The Hall–Kier alpha value is -2.84. The predicted octanol–water partition coefficient (Wildman–Crippen LogP) is 3.49. The highest BCUT2D eigenvalue weighted by atomic mass is 19.4. The van der Waals surface area contributed by atoms with E-state index < -0.39 is 11.7 Å². The SMILES string of the molecule is CN(CC1CC1)C(=O)c1cnc2c(-c3cnco3)cc(C(F)(F)F)cn12. The number of pyridine rings is 1. The number of hydrogen-bond acceptors (Lipinski definition) is 4. The lowest BCUT2D eigenvalue weighted by Gasteiger charge is -2.17. The molecule has 0 aliphatic heterocycles. The van der Waals surface area contributed by atoms with Crippen LogP contribution in [0.15, 0.2) is 35.5 Å². The summed E-state index contributed by atoms with van der Waals surface area (Å²) in [4.78, 5) is 22.1. The molecule has 1 aliphatic rings. The van der Waals surface area contributed by atoms with E-state index in [4.69, 9.17) is 4.42 Å². The maximum Gasteiger partial charge on any atom is 0.417 e. The average molecular weight is 364 g/mol. The number of imidazole rings is 1. The zero-order chi connectivity index (χ0) is 18.5. The molecule has 26 heavy (non-hydrogen) atoms. The maximum atomic E-state index is 13.3. The van der Waals surface area contributed by atoms with Crippen LogP contribution in [0.4, 0.5) is 13.2 Å². The molecular formula is C17H15F3N4O2. The fourth-order valence-corrected chi connectivity index (χ4v) is 2.90. The van der Waals surface area contributed by atoms with Gasteiger partial charge in [-0.25, -0.2) is 9.97 Å². The first kappa shape index (κ1) is 16.6. The number of aromatic nitrogens is 3. The van der Waals surface area contributed by atoms with Gasteiger partial charge in [0.2, 0.25) is 0 Å². The van der Waals surface area contributed by atoms with Gasteiger partial charge < -0.3 is 9.32 Å². The molecule has 1 amide bonds. The molecule has 0 atom stereocenters. The van der Waals surface area contributed by atoms with E-state index >= 15 is 0 Å².